The molecular formula is C25H24N2O3. The summed E-state index contributed by atoms with van der Waals surface area (Å²) in [6.07, 6.45) is 0. The Morgan fingerprint density at radius 3 is 2.10 bits per heavy atom. The van der Waals surface area contributed by atoms with Gasteiger partial charge in [-0.25, -0.2) is 4.79 Å². The number of carbonyl (C=O) groups excluding carboxylic acids is 2. The van der Waals surface area contributed by atoms with E-state index in [9.17, 15) is 9.59 Å². The van der Waals surface area contributed by atoms with Crippen LogP contribution in [0.5, 0.6) is 0 Å². The predicted octanol–water partition coefficient (Wildman–Crippen LogP) is 4.65. The second kappa shape index (κ2) is 8.13. The number of hydrogen-bond donors (Lipinski definition) is 2. The molecule has 2 atom stereocenters. The third-order valence-corrected chi connectivity index (χ3v) is 5.30. The molecule has 5 nitrogen and oxygen atoms in total. The van der Waals surface area contributed by atoms with Crippen molar-refractivity contribution in [3.05, 3.63) is 102 Å². The molecule has 30 heavy (non-hydrogen) atoms. The van der Waals surface area contributed by atoms with Gasteiger partial charge in [0, 0.05) is 11.3 Å². The molecule has 1 saturated heterocycles. The molecule has 3 aromatic carbocycles. The minimum absolute atomic E-state index is 0.140. The lowest BCUT2D eigenvalue weighted by Crippen LogP contribution is -2.52. The van der Waals surface area contributed by atoms with Crippen LogP contribution in [-0.2, 0) is 9.53 Å². The molecule has 0 saturated carbocycles. The standard InChI is InChI=1S/C25H24N2O3/c1-25(2)22(18-9-5-3-6-10-18)27-21(24(29)30-25)17-13-15-20(16-14-17)26-23(28)19-11-7-4-8-12-19/h3-16,21-22,27H,1-2H3,(H,26,28)/t21-,22-/m0/s1. The molecule has 0 bridgehead atoms. The van der Waals surface area contributed by atoms with Crippen molar-refractivity contribution < 1.29 is 14.3 Å². The molecule has 2 N–H and O–H groups in total. The second-order valence-electron chi connectivity index (χ2n) is 7.91. The number of benzene rings is 3. The summed E-state index contributed by atoms with van der Waals surface area (Å²) < 4.78 is 5.79. The third kappa shape index (κ3) is 4.11. The monoisotopic (exact) mass is 400 g/mol. The van der Waals surface area contributed by atoms with E-state index >= 15 is 0 Å². The maximum atomic E-state index is 12.7. The third-order valence-electron chi connectivity index (χ3n) is 5.30. The highest BCUT2D eigenvalue weighted by Crippen LogP contribution is 2.37. The highest BCUT2D eigenvalue weighted by Gasteiger charge is 2.43. The Morgan fingerprint density at radius 2 is 1.47 bits per heavy atom. The quantitative estimate of drug-likeness (QED) is 0.626. The second-order valence-corrected chi connectivity index (χ2v) is 7.91. The fourth-order valence-electron chi connectivity index (χ4n) is 3.74. The van der Waals surface area contributed by atoms with Crippen LogP contribution in [0.4, 0.5) is 5.69 Å². The Balaban J connectivity index is 1.52. The summed E-state index contributed by atoms with van der Waals surface area (Å²) in [5.41, 5.74) is 2.43. The van der Waals surface area contributed by atoms with Crippen molar-refractivity contribution in [2.75, 3.05) is 5.32 Å². The van der Waals surface area contributed by atoms with Crippen molar-refractivity contribution >= 4 is 17.6 Å². The van der Waals surface area contributed by atoms with Crippen molar-refractivity contribution in [1.29, 1.82) is 0 Å². The molecule has 1 amide bonds. The first kappa shape index (κ1) is 19.9. The molecule has 0 unspecified atom stereocenters. The molecule has 1 heterocycles. The minimum atomic E-state index is -0.668. The Labute approximate surface area is 176 Å². The molecule has 0 spiro atoms. The van der Waals surface area contributed by atoms with Crippen LogP contribution in [0.1, 0.15) is 47.4 Å². The average molecular weight is 400 g/mol. The van der Waals surface area contributed by atoms with Gasteiger partial charge in [0.05, 0.1) is 6.04 Å². The van der Waals surface area contributed by atoms with E-state index in [0.717, 1.165) is 11.1 Å². The van der Waals surface area contributed by atoms with Crippen LogP contribution in [-0.4, -0.2) is 17.5 Å². The van der Waals surface area contributed by atoms with Gasteiger partial charge in [-0.3, -0.25) is 10.1 Å². The van der Waals surface area contributed by atoms with Crippen LogP contribution in [0.25, 0.3) is 0 Å². The van der Waals surface area contributed by atoms with Gasteiger partial charge in [-0.1, -0.05) is 60.7 Å². The van der Waals surface area contributed by atoms with Crippen LogP contribution < -0.4 is 10.6 Å². The van der Waals surface area contributed by atoms with Crippen molar-refractivity contribution in [2.24, 2.45) is 0 Å². The van der Waals surface area contributed by atoms with E-state index in [1.165, 1.54) is 0 Å². The SMILES string of the molecule is CC1(C)OC(=O)[C@H](c2ccc(NC(=O)c3ccccc3)cc2)N[C@H]1c1ccccc1. The lowest BCUT2D eigenvalue weighted by atomic mass is 9.88. The van der Waals surface area contributed by atoms with Crippen LogP contribution in [0.3, 0.4) is 0 Å². The van der Waals surface area contributed by atoms with E-state index in [4.69, 9.17) is 4.74 Å². The normalized spacial score (nSPS) is 20.3. The summed E-state index contributed by atoms with van der Waals surface area (Å²) in [5.74, 6) is -0.488. The maximum absolute atomic E-state index is 12.7. The lowest BCUT2D eigenvalue weighted by molar-refractivity contribution is -0.172. The molecule has 152 valence electrons. The number of cyclic esters (lactones) is 1. The highest BCUT2D eigenvalue weighted by atomic mass is 16.6. The van der Waals surface area contributed by atoms with E-state index in [1.807, 2.05) is 74.5 Å². The first-order valence-electron chi connectivity index (χ1n) is 9.94. The van der Waals surface area contributed by atoms with E-state index in [1.54, 1.807) is 24.3 Å². The van der Waals surface area contributed by atoms with Crippen molar-refractivity contribution in [3.63, 3.8) is 0 Å². The van der Waals surface area contributed by atoms with Gasteiger partial charge in [-0.15, -0.1) is 0 Å². The number of nitrogens with one attached hydrogen (secondary N) is 2. The molecular weight excluding hydrogens is 376 g/mol. The first-order chi connectivity index (χ1) is 14.4. The Kier molecular flexibility index (Phi) is 5.38. The zero-order chi connectivity index (χ0) is 21.1. The number of morpholine rings is 1. The predicted molar refractivity (Wildman–Crippen MR) is 116 cm³/mol. The smallest absolute Gasteiger partial charge is 0.328 e. The summed E-state index contributed by atoms with van der Waals surface area (Å²) in [5, 5.41) is 6.32. The molecule has 1 aliphatic rings. The van der Waals surface area contributed by atoms with Gasteiger partial charge in [0.15, 0.2) is 0 Å². The van der Waals surface area contributed by atoms with Gasteiger partial charge in [-0.05, 0) is 49.2 Å². The molecule has 5 heteroatoms. The number of rotatable bonds is 4. The summed E-state index contributed by atoms with van der Waals surface area (Å²) in [6, 6.07) is 25.5. The maximum Gasteiger partial charge on any atom is 0.328 e. The summed E-state index contributed by atoms with van der Waals surface area (Å²) in [4.78, 5) is 25.0. The zero-order valence-corrected chi connectivity index (χ0v) is 17.0. The molecule has 3 aromatic rings. The highest BCUT2D eigenvalue weighted by molar-refractivity contribution is 6.04. The number of hydrogen-bond acceptors (Lipinski definition) is 4. The van der Waals surface area contributed by atoms with E-state index in [-0.39, 0.29) is 17.9 Å². The Bertz CT molecular complexity index is 1030. The first-order valence-corrected chi connectivity index (χ1v) is 9.94. The van der Waals surface area contributed by atoms with Crippen LogP contribution in [0.2, 0.25) is 0 Å². The Hall–Kier alpha value is -3.44. The average Bonchev–Trinajstić information content (AvgIpc) is 2.75. The van der Waals surface area contributed by atoms with E-state index in [0.29, 0.717) is 11.3 Å². The van der Waals surface area contributed by atoms with Crippen molar-refractivity contribution in [2.45, 2.75) is 31.5 Å². The summed E-state index contributed by atoms with van der Waals surface area (Å²) in [6.45, 7) is 3.82. The largest absolute Gasteiger partial charge is 0.456 e. The fourth-order valence-corrected chi connectivity index (χ4v) is 3.74. The van der Waals surface area contributed by atoms with Crippen LogP contribution >= 0.6 is 0 Å². The van der Waals surface area contributed by atoms with Gasteiger partial charge in [0.25, 0.3) is 5.91 Å². The molecule has 4 rings (SSSR count). The number of carbonyl (C=O) groups is 2. The lowest BCUT2D eigenvalue weighted by Gasteiger charge is -2.42. The molecule has 0 aromatic heterocycles. The van der Waals surface area contributed by atoms with Crippen LogP contribution in [0.15, 0.2) is 84.9 Å². The van der Waals surface area contributed by atoms with Crippen LogP contribution in [0, 0.1) is 0 Å². The van der Waals surface area contributed by atoms with Gasteiger partial charge in [-0.2, -0.15) is 0 Å². The molecule has 0 aliphatic carbocycles. The topological polar surface area (TPSA) is 67.4 Å². The van der Waals surface area contributed by atoms with Crippen molar-refractivity contribution in [1.82, 2.24) is 5.32 Å². The van der Waals surface area contributed by atoms with Gasteiger partial charge >= 0.3 is 5.97 Å². The van der Waals surface area contributed by atoms with Gasteiger partial charge in [0.2, 0.25) is 0 Å². The number of ether oxygens (including phenoxy) is 1. The molecule has 1 aliphatic heterocycles. The number of amides is 1. The number of anilines is 1. The molecule has 0 radical (unpaired) electrons. The van der Waals surface area contributed by atoms with Gasteiger partial charge < -0.3 is 10.1 Å². The van der Waals surface area contributed by atoms with Gasteiger partial charge in [0.1, 0.15) is 11.6 Å². The van der Waals surface area contributed by atoms with E-state index < -0.39 is 11.6 Å². The fraction of sp³-hybridized carbons (Fsp3) is 0.200. The van der Waals surface area contributed by atoms with E-state index in [2.05, 4.69) is 10.6 Å². The van der Waals surface area contributed by atoms with Crippen molar-refractivity contribution in [3.8, 4) is 0 Å². The number of esters is 1. The zero-order valence-electron chi connectivity index (χ0n) is 17.0. The molecule has 1 fully saturated rings. The Morgan fingerprint density at radius 1 is 0.867 bits per heavy atom. The summed E-state index contributed by atoms with van der Waals surface area (Å²) >= 11 is 0. The summed E-state index contributed by atoms with van der Waals surface area (Å²) in [7, 11) is 0. The minimum Gasteiger partial charge on any atom is -0.456 e.